The topological polar surface area (TPSA) is 71.8 Å². The second-order valence-electron chi connectivity index (χ2n) is 9.39. The number of halogens is 3. The van der Waals surface area contributed by atoms with Gasteiger partial charge in [-0.15, -0.1) is 0 Å². The normalized spacial score (nSPS) is 13.5. The van der Waals surface area contributed by atoms with Crippen LogP contribution in [0.5, 0.6) is 0 Å². The summed E-state index contributed by atoms with van der Waals surface area (Å²) in [7, 11) is 0. The van der Waals surface area contributed by atoms with Crippen LogP contribution in [0.2, 0.25) is 15.1 Å². The lowest BCUT2D eigenvalue weighted by Gasteiger charge is -2.37. The molecule has 0 saturated carbocycles. The van der Waals surface area contributed by atoms with Crippen molar-refractivity contribution in [1.29, 1.82) is 0 Å². The smallest absolute Gasteiger partial charge is 0.345 e. The fourth-order valence-corrected chi connectivity index (χ4v) is 5.47. The van der Waals surface area contributed by atoms with E-state index >= 15 is 0 Å². The molecule has 1 aliphatic rings. The van der Waals surface area contributed by atoms with Crippen LogP contribution in [-0.4, -0.2) is 54.1 Å². The Kier molecular flexibility index (Phi) is 8.35. The number of esters is 1. The Morgan fingerprint density at radius 1 is 0.875 bits per heavy atom. The molecule has 1 saturated heterocycles. The average molecular weight is 599 g/mol. The van der Waals surface area contributed by atoms with Crippen LogP contribution in [0.4, 0.5) is 5.69 Å². The molecule has 1 aliphatic heterocycles. The van der Waals surface area contributed by atoms with Crippen LogP contribution in [0.3, 0.4) is 0 Å². The summed E-state index contributed by atoms with van der Waals surface area (Å²) in [6.45, 7) is 3.62. The van der Waals surface area contributed by atoms with Gasteiger partial charge in [0.2, 0.25) is 0 Å². The third-order valence-corrected chi connectivity index (χ3v) is 7.89. The van der Waals surface area contributed by atoms with Crippen LogP contribution < -0.4 is 10.5 Å². The van der Waals surface area contributed by atoms with Crippen molar-refractivity contribution in [3.8, 4) is 0 Å². The minimum Gasteiger partial charge on any atom is -0.462 e. The monoisotopic (exact) mass is 597 g/mol. The molecule has 2 heterocycles. The summed E-state index contributed by atoms with van der Waals surface area (Å²) in [4.78, 5) is 44.1. The maximum atomic E-state index is 14.0. The maximum absolute atomic E-state index is 14.0. The predicted octanol–water partition coefficient (Wildman–Crippen LogP) is 6.15. The van der Waals surface area contributed by atoms with E-state index in [0.29, 0.717) is 63.4 Å². The van der Waals surface area contributed by atoms with Crippen molar-refractivity contribution >= 4 is 63.3 Å². The first-order valence-corrected chi connectivity index (χ1v) is 14.0. The molecule has 40 heavy (non-hydrogen) atoms. The SMILES string of the molecule is CCOC(=O)c1c(N2CCN(C(=O)c3ccc(Cl)c(Cl)c3)CC2)c2cc(Cl)ccc2n(Cc2ccccc2)c1=O. The third-order valence-electron chi connectivity index (χ3n) is 6.91. The Bertz CT molecular complexity index is 1650. The molecular formula is C30H26Cl3N3O4. The van der Waals surface area contributed by atoms with E-state index in [2.05, 4.69) is 0 Å². The van der Waals surface area contributed by atoms with Gasteiger partial charge >= 0.3 is 5.97 Å². The minimum atomic E-state index is -0.694. The fourth-order valence-electron chi connectivity index (χ4n) is 5.00. The molecule has 0 unspecified atom stereocenters. The van der Waals surface area contributed by atoms with Gasteiger partial charge in [-0.3, -0.25) is 9.59 Å². The second-order valence-corrected chi connectivity index (χ2v) is 10.6. The van der Waals surface area contributed by atoms with E-state index in [0.717, 1.165) is 5.56 Å². The lowest BCUT2D eigenvalue weighted by atomic mass is 10.0. The summed E-state index contributed by atoms with van der Waals surface area (Å²) in [5.41, 5.74) is 1.98. The van der Waals surface area contributed by atoms with Gasteiger partial charge in [0.1, 0.15) is 5.56 Å². The number of aromatic nitrogens is 1. The molecule has 10 heteroatoms. The van der Waals surface area contributed by atoms with Crippen molar-refractivity contribution in [2.24, 2.45) is 0 Å². The number of benzene rings is 3. The Hall–Kier alpha value is -3.52. The summed E-state index contributed by atoms with van der Waals surface area (Å²) in [6.07, 6.45) is 0. The number of hydrogen-bond donors (Lipinski definition) is 0. The number of fused-ring (bicyclic) bond motifs is 1. The molecule has 5 rings (SSSR count). The number of carbonyl (C=O) groups excluding carboxylic acids is 2. The van der Waals surface area contributed by atoms with E-state index < -0.39 is 11.5 Å². The number of piperazine rings is 1. The number of pyridine rings is 1. The zero-order valence-electron chi connectivity index (χ0n) is 21.7. The van der Waals surface area contributed by atoms with Crippen LogP contribution >= 0.6 is 34.8 Å². The van der Waals surface area contributed by atoms with Crippen molar-refractivity contribution in [3.63, 3.8) is 0 Å². The largest absolute Gasteiger partial charge is 0.462 e. The summed E-state index contributed by atoms with van der Waals surface area (Å²) in [5, 5.41) is 1.82. The van der Waals surface area contributed by atoms with E-state index in [-0.39, 0.29) is 24.6 Å². The van der Waals surface area contributed by atoms with E-state index in [4.69, 9.17) is 39.5 Å². The van der Waals surface area contributed by atoms with E-state index in [9.17, 15) is 14.4 Å². The van der Waals surface area contributed by atoms with Gasteiger partial charge in [-0.1, -0.05) is 65.1 Å². The van der Waals surface area contributed by atoms with E-state index in [1.807, 2.05) is 35.2 Å². The van der Waals surface area contributed by atoms with Crippen LogP contribution in [-0.2, 0) is 11.3 Å². The number of nitrogens with zero attached hydrogens (tertiary/aromatic N) is 3. The van der Waals surface area contributed by atoms with Gasteiger partial charge in [0, 0.05) is 42.2 Å². The molecule has 0 atom stereocenters. The van der Waals surface area contributed by atoms with Gasteiger partial charge in [-0.2, -0.15) is 0 Å². The molecule has 3 aromatic carbocycles. The molecule has 206 valence electrons. The molecule has 4 aromatic rings. The van der Waals surface area contributed by atoms with E-state index in [1.54, 1.807) is 52.8 Å². The van der Waals surface area contributed by atoms with Gasteiger partial charge in [0.15, 0.2) is 0 Å². The number of rotatable bonds is 6. The molecule has 0 bridgehead atoms. The highest BCUT2D eigenvalue weighted by molar-refractivity contribution is 6.42. The molecule has 0 spiro atoms. The first-order chi connectivity index (χ1) is 19.3. The van der Waals surface area contributed by atoms with Gasteiger partial charge in [0.05, 0.1) is 34.4 Å². The van der Waals surface area contributed by atoms with Crippen LogP contribution in [0, 0.1) is 0 Å². The third kappa shape index (κ3) is 5.55. The van der Waals surface area contributed by atoms with Crippen molar-refractivity contribution < 1.29 is 14.3 Å². The molecule has 0 N–H and O–H groups in total. The molecule has 0 aliphatic carbocycles. The molecule has 1 aromatic heterocycles. The zero-order valence-corrected chi connectivity index (χ0v) is 24.0. The molecule has 1 fully saturated rings. The minimum absolute atomic E-state index is 0.0446. The highest BCUT2D eigenvalue weighted by atomic mass is 35.5. The first-order valence-electron chi connectivity index (χ1n) is 12.8. The van der Waals surface area contributed by atoms with Crippen molar-refractivity contribution in [3.05, 3.63) is 109 Å². The maximum Gasteiger partial charge on any atom is 0.345 e. The van der Waals surface area contributed by atoms with Gasteiger partial charge < -0.3 is 19.1 Å². The number of carbonyl (C=O) groups is 2. The number of hydrogen-bond acceptors (Lipinski definition) is 5. The number of anilines is 1. The molecule has 7 nitrogen and oxygen atoms in total. The summed E-state index contributed by atoms with van der Waals surface area (Å²) >= 11 is 18.6. The van der Waals surface area contributed by atoms with Gasteiger partial charge in [-0.05, 0) is 48.9 Å². The highest BCUT2D eigenvalue weighted by Crippen LogP contribution is 2.33. The Morgan fingerprint density at radius 2 is 1.60 bits per heavy atom. The average Bonchev–Trinajstić information content (AvgIpc) is 2.96. The molecule has 1 amide bonds. The first kappa shape index (κ1) is 28.0. The number of ether oxygens (including phenoxy) is 1. The van der Waals surface area contributed by atoms with Crippen LogP contribution in [0.25, 0.3) is 10.9 Å². The van der Waals surface area contributed by atoms with Gasteiger partial charge in [-0.25, -0.2) is 4.79 Å². The van der Waals surface area contributed by atoms with Crippen molar-refractivity contribution in [2.45, 2.75) is 13.5 Å². The number of amides is 1. The lowest BCUT2D eigenvalue weighted by molar-refractivity contribution is 0.0523. The summed E-state index contributed by atoms with van der Waals surface area (Å²) < 4.78 is 6.95. The van der Waals surface area contributed by atoms with Gasteiger partial charge in [0.25, 0.3) is 11.5 Å². The molecular weight excluding hydrogens is 573 g/mol. The molecule has 0 radical (unpaired) electrons. The van der Waals surface area contributed by atoms with Crippen molar-refractivity contribution in [2.75, 3.05) is 37.7 Å². The Morgan fingerprint density at radius 3 is 2.27 bits per heavy atom. The Labute approximate surface area is 246 Å². The predicted molar refractivity (Wildman–Crippen MR) is 159 cm³/mol. The Balaban J connectivity index is 1.56. The highest BCUT2D eigenvalue weighted by Gasteiger charge is 2.30. The fraction of sp³-hybridized carbons (Fsp3) is 0.233. The van der Waals surface area contributed by atoms with E-state index in [1.165, 1.54) is 0 Å². The van der Waals surface area contributed by atoms with Crippen LogP contribution in [0.15, 0.2) is 71.5 Å². The van der Waals surface area contributed by atoms with Crippen molar-refractivity contribution in [1.82, 2.24) is 9.47 Å². The lowest BCUT2D eigenvalue weighted by Crippen LogP contribution is -2.49. The summed E-state index contributed by atoms with van der Waals surface area (Å²) in [5.74, 6) is -0.865. The summed E-state index contributed by atoms with van der Waals surface area (Å²) in [6, 6.07) is 19.6. The standard InChI is InChI=1S/C30H26Cl3N3O4/c1-2-40-30(39)26-27(34-12-14-35(15-13-34)28(37)20-8-10-23(32)24(33)16-20)22-17-21(31)9-11-25(22)36(29(26)38)18-19-6-4-3-5-7-19/h3-11,16-17H,2,12-15,18H2,1H3. The quantitative estimate of drug-likeness (QED) is 0.249. The zero-order chi connectivity index (χ0) is 28.4. The van der Waals surface area contributed by atoms with Crippen LogP contribution in [0.1, 0.15) is 33.2 Å². The second kappa shape index (κ2) is 11.9.